The topological polar surface area (TPSA) is 58.6 Å². The highest BCUT2D eigenvalue weighted by Gasteiger charge is 1.92. The maximum absolute atomic E-state index is 10.00. The lowest BCUT2D eigenvalue weighted by atomic mass is 10.1. The van der Waals surface area contributed by atoms with Crippen LogP contribution in [-0.4, -0.2) is 15.3 Å². The van der Waals surface area contributed by atoms with Gasteiger partial charge >= 0.3 is 11.4 Å². The van der Waals surface area contributed by atoms with Gasteiger partial charge in [-0.25, -0.2) is 0 Å². The summed E-state index contributed by atoms with van der Waals surface area (Å²) >= 11 is -2.19. The smallest absolute Gasteiger partial charge is 0.283 e. The molecule has 0 aliphatic carbocycles. The Bertz CT molecular complexity index is 133. The maximum atomic E-state index is 10.00. The van der Waals surface area contributed by atoms with Crippen LogP contribution >= 0.6 is 0 Å². The summed E-state index contributed by atoms with van der Waals surface area (Å²) in [5, 5.41) is 0. The summed E-state index contributed by atoms with van der Waals surface area (Å²) in [4.78, 5) is 0. The second-order valence-corrected chi connectivity index (χ2v) is 3.56. The van der Waals surface area contributed by atoms with Crippen LogP contribution in [0.4, 0.5) is 0 Å². The molecule has 0 bridgehead atoms. The van der Waals surface area contributed by atoms with Gasteiger partial charge in [-0.1, -0.05) is 39.0 Å². The van der Waals surface area contributed by atoms with E-state index in [1.165, 1.54) is 25.7 Å². The summed E-state index contributed by atoms with van der Waals surface area (Å²) in [5.74, 6) is 0. The van der Waals surface area contributed by atoms with Crippen molar-refractivity contribution in [1.29, 1.82) is 0 Å². The number of rotatable bonds is 9. The van der Waals surface area contributed by atoms with E-state index < -0.39 is 11.4 Å². The first kappa shape index (κ1) is 13.0. The van der Waals surface area contributed by atoms with Crippen LogP contribution in [0.25, 0.3) is 0 Å². The first-order valence-corrected chi connectivity index (χ1v) is 5.81. The normalized spacial score (nSPS) is 13.1. The monoisotopic (exact) mass is 209 g/mol. The van der Waals surface area contributed by atoms with Crippen molar-refractivity contribution >= 4 is 11.4 Å². The molecule has 13 heavy (non-hydrogen) atoms. The molecular formula is C8H19NO3S. The van der Waals surface area contributed by atoms with Gasteiger partial charge in [-0.15, -0.1) is 0 Å². The van der Waals surface area contributed by atoms with Crippen LogP contribution in [0.5, 0.6) is 0 Å². The minimum absolute atomic E-state index is 0.637. The van der Waals surface area contributed by atoms with Gasteiger partial charge in [0.25, 0.3) is 0 Å². The fourth-order valence-electron chi connectivity index (χ4n) is 1.07. The molecule has 1 atom stereocenters. The molecule has 5 heteroatoms. The maximum Gasteiger partial charge on any atom is 0.319 e. The lowest BCUT2D eigenvalue weighted by molar-refractivity contribution is 0.196. The largest absolute Gasteiger partial charge is 0.319 e. The molecule has 0 aromatic heterocycles. The molecule has 4 nitrogen and oxygen atoms in total. The molecular weight excluding hydrogens is 190 g/mol. The van der Waals surface area contributed by atoms with Gasteiger partial charge in [-0.3, -0.25) is 4.55 Å². The average Bonchev–Trinajstić information content (AvgIpc) is 2.09. The third kappa shape index (κ3) is 12.0. The van der Waals surface area contributed by atoms with E-state index in [0.717, 1.165) is 12.8 Å². The molecule has 0 spiro atoms. The SMILES string of the molecule is CCCCCCCCNOS(=O)O. The Morgan fingerprint density at radius 2 is 1.85 bits per heavy atom. The van der Waals surface area contributed by atoms with Gasteiger partial charge in [0.05, 0.1) is 0 Å². The van der Waals surface area contributed by atoms with Crippen molar-refractivity contribution in [3.05, 3.63) is 0 Å². The summed E-state index contributed by atoms with van der Waals surface area (Å²) < 4.78 is 22.5. The Balaban J connectivity index is 2.87. The molecule has 0 saturated heterocycles. The predicted molar refractivity (Wildman–Crippen MR) is 53.2 cm³/mol. The van der Waals surface area contributed by atoms with Gasteiger partial charge in [0.1, 0.15) is 0 Å². The van der Waals surface area contributed by atoms with Crippen LogP contribution in [0.15, 0.2) is 0 Å². The molecule has 0 aliphatic heterocycles. The molecule has 0 fully saturated rings. The average molecular weight is 209 g/mol. The minimum atomic E-state index is -2.19. The zero-order valence-corrected chi connectivity index (χ0v) is 8.94. The molecule has 1 unspecified atom stereocenters. The number of hydrogen-bond acceptors (Lipinski definition) is 3. The lowest BCUT2D eigenvalue weighted by Gasteiger charge is -2.01. The van der Waals surface area contributed by atoms with E-state index in [0.29, 0.717) is 6.54 Å². The molecule has 0 aromatic carbocycles. The van der Waals surface area contributed by atoms with E-state index in [9.17, 15) is 4.21 Å². The summed E-state index contributed by atoms with van der Waals surface area (Å²) in [6.07, 6.45) is 7.20. The molecule has 0 amide bonds. The van der Waals surface area contributed by atoms with Crippen molar-refractivity contribution in [3.63, 3.8) is 0 Å². The van der Waals surface area contributed by atoms with E-state index in [2.05, 4.69) is 16.7 Å². The second-order valence-electron chi connectivity index (χ2n) is 2.96. The van der Waals surface area contributed by atoms with Gasteiger partial charge in [0, 0.05) is 6.54 Å². The van der Waals surface area contributed by atoms with E-state index in [1.54, 1.807) is 0 Å². The summed E-state index contributed by atoms with van der Waals surface area (Å²) in [6, 6.07) is 0. The molecule has 0 aliphatic rings. The highest BCUT2D eigenvalue weighted by molar-refractivity contribution is 7.74. The van der Waals surface area contributed by atoms with Gasteiger partial charge in [0.15, 0.2) is 0 Å². The zero-order chi connectivity index (χ0) is 9.94. The van der Waals surface area contributed by atoms with Crippen molar-refractivity contribution in [3.8, 4) is 0 Å². The molecule has 0 saturated carbocycles. The van der Waals surface area contributed by atoms with Crippen molar-refractivity contribution in [1.82, 2.24) is 5.48 Å². The quantitative estimate of drug-likeness (QED) is 0.346. The van der Waals surface area contributed by atoms with Gasteiger partial charge in [0.2, 0.25) is 0 Å². The Morgan fingerprint density at radius 1 is 1.23 bits per heavy atom. The van der Waals surface area contributed by atoms with Crippen LogP contribution in [0.1, 0.15) is 45.4 Å². The lowest BCUT2D eigenvalue weighted by Crippen LogP contribution is -2.17. The van der Waals surface area contributed by atoms with Gasteiger partial charge < -0.3 is 0 Å². The second kappa shape index (κ2) is 10.1. The molecule has 0 heterocycles. The molecule has 0 radical (unpaired) electrons. The van der Waals surface area contributed by atoms with Crippen LogP contribution < -0.4 is 5.48 Å². The Hall–Kier alpha value is 0.0300. The fraction of sp³-hybridized carbons (Fsp3) is 1.00. The minimum Gasteiger partial charge on any atom is -0.283 e. The molecule has 2 N–H and O–H groups in total. The zero-order valence-electron chi connectivity index (χ0n) is 8.12. The van der Waals surface area contributed by atoms with Crippen molar-refractivity contribution < 1.29 is 13.0 Å². The van der Waals surface area contributed by atoms with Crippen LogP contribution in [0.3, 0.4) is 0 Å². The summed E-state index contributed by atoms with van der Waals surface area (Å²) in [6.45, 7) is 2.82. The van der Waals surface area contributed by atoms with E-state index >= 15 is 0 Å². The molecule has 80 valence electrons. The number of unbranched alkanes of at least 4 members (excludes halogenated alkanes) is 5. The highest BCUT2D eigenvalue weighted by Crippen LogP contribution is 2.03. The Labute approximate surface area is 82.5 Å². The number of hydrogen-bond donors (Lipinski definition) is 2. The Kier molecular flexibility index (Phi) is 10.1. The highest BCUT2D eigenvalue weighted by atomic mass is 32.2. The van der Waals surface area contributed by atoms with E-state index in [-0.39, 0.29) is 0 Å². The van der Waals surface area contributed by atoms with Crippen molar-refractivity contribution in [2.24, 2.45) is 0 Å². The van der Waals surface area contributed by atoms with E-state index in [1.807, 2.05) is 0 Å². The first-order chi connectivity index (χ1) is 6.27. The summed E-state index contributed by atoms with van der Waals surface area (Å²) in [5.41, 5.74) is 2.43. The van der Waals surface area contributed by atoms with Crippen molar-refractivity contribution in [2.45, 2.75) is 45.4 Å². The van der Waals surface area contributed by atoms with Crippen molar-refractivity contribution in [2.75, 3.05) is 6.54 Å². The molecule has 0 aromatic rings. The predicted octanol–water partition coefficient (Wildman–Crippen LogP) is 2.00. The van der Waals surface area contributed by atoms with Crippen LogP contribution in [0.2, 0.25) is 0 Å². The number of hydroxylamine groups is 1. The Morgan fingerprint density at radius 3 is 2.46 bits per heavy atom. The van der Waals surface area contributed by atoms with Crippen LogP contribution in [-0.2, 0) is 15.6 Å². The van der Waals surface area contributed by atoms with Gasteiger partial charge in [-0.2, -0.15) is 14.0 Å². The third-order valence-electron chi connectivity index (χ3n) is 1.76. The number of nitrogens with one attached hydrogen (secondary N) is 1. The fourth-order valence-corrected chi connectivity index (χ4v) is 1.25. The third-order valence-corrected chi connectivity index (χ3v) is 2.02. The summed E-state index contributed by atoms with van der Waals surface area (Å²) in [7, 11) is 0. The molecule has 0 rings (SSSR count). The van der Waals surface area contributed by atoms with Gasteiger partial charge in [-0.05, 0) is 6.42 Å². The van der Waals surface area contributed by atoms with Crippen LogP contribution in [0, 0.1) is 0 Å². The van der Waals surface area contributed by atoms with E-state index in [4.69, 9.17) is 4.55 Å². The first-order valence-electron chi connectivity index (χ1n) is 4.78. The standard InChI is InChI=1S/C8H19NO3S/c1-2-3-4-5-6-7-8-9-12-13(10)11/h9H,2-8H2,1H3,(H,10,11).